The Kier molecular flexibility index (Phi) is 4.86. The summed E-state index contributed by atoms with van der Waals surface area (Å²) in [5.74, 6) is -0.802. The number of carbonyl (C=O) groups is 2. The summed E-state index contributed by atoms with van der Waals surface area (Å²) in [6.07, 6.45) is 0. The van der Waals surface area contributed by atoms with Crippen molar-refractivity contribution in [2.75, 3.05) is 10.6 Å². The number of nitrogen functional groups attached to an aromatic ring is 1. The molecule has 0 spiro atoms. The first-order valence-corrected chi connectivity index (χ1v) is 13.7. The minimum absolute atomic E-state index is 0.178. The van der Waals surface area contributed by atoms with E-state index in [0.29, 0.717) is 60.7 Å². The maximum atomic E-state index is 14.3. The van der Waals surface area contributed by atoms with Crippen molar-refractivity contribution in [2.45, 2.75) is 52.4 Å². The summed E-state index contributed by atoms with van der Waals surface area (Å²) in [6.45, 7) is 12.6. The van der Waals surface area contributed by atoms with Crippen LogP contribution in [0.2, 0.25) is 0 Å². The molecule has 3 heterocycles. The van der Waals surface area contributed by atoms with Gasteiger partial charge in [0.1, 0.15) is 5.65 Å². The Morgan fingerprint density at radius 3 is 2.00 bits per heavy atom. The fraction of sp³-hybridized carbons (Fsp3) is 0.235. The molecule has 0 unspecified atom stereocenters. The number of hydrogen-bond acceptors (Lipinski definition) is 5. The molecule has 1 aliphatic rings. The first kappa shape index (κ1) is 25.2. The van der Waals surface area contributed by atoms with E-state index in [9.17, 15) is 14.4 Å². The lowest BCUT2D eigenvalue weighted by Gasteiger charge is -2.34. The lowest BCUT2D eigenvalue weighted by atomic mass is 9.80. The highest BCUT2D eigenvalue weighted by molar-refractivity contribution is 6.39. The topological polar surface area (TPSA) is 97.8 Å². The zero-order chi connectivity index (χ0) is 29.2. The molecule has 2 N–H and O–H groups in total. The summed E-state index contributed by atoms with van der Waals surface area (Å²) >= 11 is 0. The zero-order valence-electron chi connectivity index (χ0n) is 23.9. The average Bonchev–Trinajstić information content (AvgIpc) is 3.28. The van der Waals surface area contributed by atoms with Gasteiger partial charge in [-0.1, -0.05) is 53.7 Å². The molecule has 0 aliphatic carbocycles. The van der Waals surface area contributed by atoms with Crippen LogP contribution in [-0.4, -0.2) is 21.2 Å². The number of hydrogen-bond donors (Lipinski definition) is 1. The number of carbonyl (C=O) groups excluding carboxylic acids is 2. The van der Waals surface area contributed by atoms with Gasteiger partial charge in [0.25, 0.3) is 17.4 Å². The molecule has 7 nitrogen and oxygen atoms in total. The highest BCUT2D eigenvalue weighted by Gasteiger charge is 2.38. The second-order valence-corrected chi connectivity index (χ2v) is 13.1. The van der Waals surface area contributed by atoms with E-state index < -0.39 is 11.8 Å². The third kappa shape index (κ3) is 3.38. The predicted molar refractivity (Wildman–Crippen MR) is 165 cm³/mol. The Labute approximate surface area is 236 Å². The molecule has 2 amide bonds. The molecule has 0 saturated heterocycles. The number of imidazole rings is 1. The molecule has 1 aliphatic heterocycles. The van der Waals surface area contributed by atoms with Crippen molar-refractivity contribution >= 4 is 61.4 Å². The van der Waals surface area contributed by atoms with Gasteiger partial charge in [0.15, 0.2) is 0 Å². The molecule has 7 heteroatoms. The van der Waals surface area contributed by atoms with E-state index in [1.165, 1.54) is 4.90 Å². The van der Waals surface area contributed by atoms with E-state index >= 15 is 0 Å². The molecule has 204 valence electrons. The zero-order valence-corrected chi connectivity index (χ0v) is 23.9. The average molecular weight is 543 g/mol. The number of pyridine rings is 1. The van der Waals surface area contributed by atoms with Crippen molar-refractivity contribution in [1.82, 2.24) is 9.38 Å². The van der Waals surface area contributed by atoms with Crippen molar-refractivity contribution in [1.29, 1.82) is 0 Å². The van der Waals surface area contributed by atoms with Crippen molar-refractivity contribution in [2.24, 2.45) is 0 Å². The van der Waals surface area contributed by atoms with E-state index in [0.717, 1.165) is 11.1 Å². The number of benzene rings is 4. The van der Waals surface area contributed by atoms with E-state index in [1.807, 2.05) is 18.2 Å². The maximum Gasteiger partial charge on any atom is 0.265 e. The Balaban J connectivity index is 1.54. The second-order valence-electron chi connectivity index (χ2n) is 13.1. The van der Waals surface area contributed by atoms with Crippen molar-refractivity contribution in [3.05, 3.63) is 93.3 Å². The standard InChI is InChI=1S/C34H30N4O3/c1-33(2,3)17-7-13-23(34(4,5)6)26(15-17)38-31(40)21-10-9-19-27-20(11-12-22(28(21)27)32(38)41)30(39)37-25-14-8-18(35)16-24(25)36-29(19)37/h7-16H,35H2,1-6H3. The second kappa shape index (κ2) is 7.91. The third-order valence-corrected chi connectivity index (χ3v) is 8.29. The van der Waals surface area contributed by atoms with E-state index in [2.05, 4.69) is 47.6 Å². The van der Waals surface area contributed by atoms with Gasteiger partial charge in [-0.15, -0.1) is 0 Å². The van der Waals surface area contributed by atoms with Gasteiger partial charge in [-0.25, -0.2) is 9.88 Å². The van der Waals surface area contributed by atoms with Crippen molar-refractivity contribution < 1.29 is 9.59 Å². The Morgan fingerprint density at radius 2 is 1.37 bits per heavy atom. The third-order valence-electron chi connectivity index (χ3n) is 8.29. The van der Waals surface area contributed by atoms with Crippen LogP contribution in [0.4, 0.5) is 11.4 Å². The predicted octanol–water partition coefficient (Wildman–Crippen LogP) is 6.57. The number of imide groups is 1. The highest BCUT2D eigenvalue weighted by atomic mass is 16.2. The number of nitrogens with zero attached hydrogens (tertiary/aromatic N) is 3. The van der Waals surface area contributed by atoms with E-state index in [4.69, 9.17) is 10.7 Å². The van der Waals surface area contributed by atoms with Gasteiger partial charge in [0.05, 0.1) is 16.7 Å². The van der Waals surface area contributed by atoms with E-state index in [-0.39, 0.29) is 16.4 Å². The van der Waals surface area contributed by atoms with Crippen LogP contribution in [-0.2, 0) is 10.8 Å². The van der Waals surface area contributed by atoms with Gasteiger partial charge in [-0.3, -0.25) is 18.8 Å². The van der Waals surface area contributed by atoms with Gasteiger partial charge >= 0.3 is 0 Å². The monoisotopic (exact) mass is 542 g/mol. The number of anilines is 2. The lowest BCUT2D eigenvalue weighted by molar-refractivity contribution is 0.0893. The Bertz CT molecular complexity index is 2170. The van der Waals surface area contributed by atoms with Crippen LogP contribution >= 0.6 is 0 Å². The van der Waals surface area contributed by atoms with Gasteiger partial charge in [0.2, 0.25) is 0 Å². The number of rotatable bonds is 1. The molecule has 0 saturated carbocycles. The minimum atomic E-state index is -0.401. The van der Waals surface area contributed by atoms with Gasteiger partial charge in [-0.2, -0.15) is 0 Å². The normalized spacial score (nSPS) is 14.3. The van der Waals surface area contributed by atoms with Crippen LogP contribution in [0.1, 0.15) is 73.4 Å². The molecular weight excluding hydrogens is 512 g/mol. The molecule has 0 radical (unpaired) electrons. The summed E-state index contributed by atoms with van der Waals surface area (Å²) in [5, 5.41) is 2.22. The number of fused-ring (bicyclic) bond motifs is 4. The molecular formula is C34H30N4O3. The van der Waals surface area contributed by atoms with Crippen LogP contribution in [0.3, 0.4) is 0 Å². The van der Waals surface area contributed by atoms with Crippen molar-refractivity contribution in [3.8, 4) is 0 Å². The summed E-state index contributed by atoms with van der Waals surface area (Å²) in [6, 6.07) is 18.3. The largest absolute Gasteiger partial charge is 0.399 e. The smallest absolute Gasteiger partial charge is 0.265 e. The Morgan fingerprint density at radius 1 is 0.707 bits per heavy atom. The quantitative estimate of drug-likeness (QED) is 0.187. The summed E-state index contributed by atoms with van der Waals surface area (Å²) in [7, 11) is 0. The molecule has 2 aromatic heterocycles. The highest BCUT2D eigenvalue weighted by Crippen LogP contribution is 2.42. The molecule has 0 bridgehead atoms. The molecule has 0 fully saturated rings. The van der Waals surface area contributed by atoms with E-state index in [1.54, 1.807) is 40.8 Å². The fourth-order valence-corrected chi connectivity index (χ4v) is 6.19. The fourth-order valence-electron chi connectivity index (χ4n) is 6.19. The first-order chi connectivity index (χ1) is 19.3. The molecule has 41 heavy (non-hydrogen) atoms. The lowest BCUT2D eigenvalue weighted by Crippen LogP contribution is -2.42. The summed E-state index contributed by atoms with van der Waals surface area (Å²) in [5.41, 5.74) is 10.9. The van der Waals surface area contributed by atoms with Crippen molar-refractivity contribution in [3.63, 3.8) is 0 Å². The van der Waals surface area contributed by atoms with Crippen LogP contribution in [0.15, 0.2) is 65.5 Å². The molecule has 4 aromatic carbocycles. The van der Waals surface area contributed by atoms with Gasteiger partial charge < -0.3 is 5.73 Å². The number of amides is 2. The summed E-state index contributed by atoms with van der Waals surface area (Å²) < 4.78 is 1.58. The summed E-state index contributed by atoms with van der Waals surface area (Å²) in [4.78, 5) is 48.4. The van der Waals surface area contributed by atoms with Crippen LogP contribution in [0, 0.1) is 0 Å². The van der Waals surface area contributed by atoms with Gasteiger partial charge in [-0.05, 0) is 70.5 Å². The van der Waals surface area contributed by atoms with Gasteiger partial charge in [0, 0.05) is 38.4 Å². The molecule has 6 aromatic rings. The molecule has 0 atom stereocenters. The minimum Gasteiger partial charge on any atom is -0.399 e. The molecule has 7 rings (SSSR count). The first-order valence-electron chi connectivity index (χ1n) is 13.7. The maximum absolute atomic E-state index is 14.3. The SMILES string of the molecule is CC(C)(C)c1ccc(C(C)(C)C)c(N2C(=O)c3ccc4c(=O)n5c6ccc(N)cc6nc5c5ccc(c3c45)C2=O)c1. The Hall–Kier alpha value is -4.78. The van der Waals surface area contributed by atoms with Crippen LogP contribution in [0.5, 0.6) is 0 Å². The number of aromatic nitrogens is 2. The van der Waals surface area contributed by atoms with Crippen LogP contribution < -0.4 is 16.2 Å². The van der Waals surface area contributed by atoms with Crippen LogP contribution in [0.25, 0.3) is 38.2 Å². The number of nitrogens with two attached hydrogens (primary N) is 1.